The highest BCUT2D eigenvalue weighted by molar-refractivity contribution is 7.89. The van der Waals surface area contributed by atoms with Crippen LogP contribution in [0.15, 0.2) is 89.8 Å². The summed E-state index contributed by atoms with van der Waals surface area (Å²) in [5.74, 6) is 0. The van der Waals surface area contributed by atoms with E-state index in [2.05, 4.69) is 61.5 Å². The number of sulfonamides is 1. The average Bonchev–Trinajstić information content (AvgIpc) is 2.67. The smallest absolute Gasteiger partial charge is 0.225 e. The van der Waals surface area contributed by atoms with Gasteiger partial charge in [-0.3, -0.25) is 0 Å². The summed E-state index contributed by atoms with van der Waals surface area (Å²) in [5.41, 5.74) is 5.56. The van der Waals surface area contributed by atoms with Gasteiger partial charge in [-0.2, -0.15) is 0 Å². The Labute approximate surface area is 159 Å². The summed E-state index contributed by atoms with van der Waals surface area (Å²) >= 11 is 0. The second kappa shape index (κ2) is 6.65. The van der Waals surface area contributed by atoms with Crippen molar-refractivity contribution >= 4 is 20.8 Å². The first kappa shape index (κ1) is 17.5. The van der Waals surface area contributed by atoms with Gasteiger partial charge in [-0.05, 0) is 57.6 Å². The second-order valence-corrected chi connectivity index (χ2v) is 8.19. The van der Waals surface area contributed by atoms with Crippen molar-refractivity contribution in [2.24, 2.45) is 5.14 Å². The van der Waals surface area contributed by atoms with Gasteiger partial charge in [0.2, 0.25) is 10.0 Å². The lowest BCUT2D eigenvalue weighted by molar-refractivity contribution is 0.598. The first-order chi connectivity index (χ1) is 12.9. The molecule has 0 aliphatic heterocycles. The first-order valence-corrected chi connectivity index (χ1v) is 10.2. The average molecular weight is 373 g/mol. The number of primary sulfonamides is 1. The Hall–Kier alpha value is -2.95. The van der Waals surface area contributed by atoms with Crippen LogP contribution in [-0.2, 0) is 10.0 Å². The first-order valence-electron chi connectivity index (χ1n) is 8.65. The van der Waals surface area contributed by atoms with Crippen molar-refractivity contribution in [1.29, 1.82) is 0 Å². The number of aryl methyl sites for hydroxylation is 1. The molecule has 2 N–H and O–H groups in total. The zero-order valence-corrected chi connectivity index (χ0v) is 15.7. The summed E-state index contributed by atoms with van der Waals surface area (Å²) < 4.78 is 22.8. The number of fused-ring (bicyclic) bond motifs is 1. The van der Waals surface area contributed by atoms with Crippen molar-refractivity contribution in [3.8, 4) is 22.3 Å². The number of nitrogens with two attached hydrogens (primary N) is 1. The van der Waals surface area contributed by atoms with E-state index in [4.69, 9.17) is 5.14 Å². The lowest BCUT2D eigenvalue weighted by Crippen LogP contribution is -2.11. The Morgan fingerprint density at radius 2 is 1.37 bits per heavy atom. The summed E-state index contributed by atoms with van der Waals surface area (Å²) in [6.07, 6.45) is 0. The molecule has 0 aliphatic rings. The Kier molecular flexibility index (Phi) is 4.30. The van der Waals surface area contributed by atoms with Gasteiger partial charge in [-0.1, -0.05) is 72.8 Å². The maximum atomic E-state index is 11.4. The van der Waals surface area contributed by atoms with E-state index in [0.717, 1.165) is 11.1 Å². The molecule has 0 spiro atoms. The van der Waals surface area contributed by atoms with E-state index in [9.17, 15) is 8.42 Å². The summed E-state index contributed by atoms with van der Waals surface area (Å²) in [4.78, 5) is 0.121. The van der Waals surface area contributed by atoms with Crippen LogP contribution in [0, 0.1) is 6.92 Å². The van der Waals surface area contributed by atoms with Crippen molar-refractivity contribution in [3.05, 3.63) is 90.5 Å². The zero-order chi connectivity index (χ0) is 19.0. The lowest BCUT2D eigenvalue weighted by atomic mass is 9.92. The van der Waals surface area contributed by atoms with Crippen LogP contribution in [0.5, 0.6) is 0 Å². The maximum Gasteiger partial charge on any atom is 0.238 e. The minimum Gasteiger partial charge on any atom is -0.225 e. The van der Waals surface area contributed by atoms with Gasteiger partial charge in [0.05, 0.1) is 4.90 Å². The highest BCUT2D eigenvalue weighted by Gasteiger charge is 2.10. The van der Waals surface area contributed by atoms with Crippen molar-refractivity contribution in [1.82, 2.24) is 0 Å². The topological polar surface area (TPSA) is 60.2 Å². The number of rotatable bonds is 3. The van der Waals surface area contributed by atoms with E-state index in [1.165, 1.54) is 27.5 Å². The van der Waals surface area contributed by atoms with Crippen LogP contribution in [0.25, 0.3) is 33.0 Å². The largest absolute Gasteiger partial charge is 0.238 e. The molecule has 3 nitrogen and oxygen atoms in total. The van der Waals surface area contributed by atoms with Gasteiger partial charge >= 0.3 is 0 Å². The number of hydrogen-bond acceptors (Lipinski definition) is 2. The van der Waals surface area contributed by atoms with Crippen molar-refractivity contribution in [3.63, 3.8) is 0 Å². The van der Waals surface area contributed by atoms with E-state index in [-0.39, 0.29) is 4.90 Å². The minimum atomic E-state index is -3.67. The Balaban J connectivity index is 1.77. The molecule has 4 aromatic carbocycles. The molecule has 134 valence electrons. The standard InChI is InChI=1S/C23H19NO2S/c1-16-15-19(17-9-12-20(13-10-17)27(24,25)26)11-14-21(16)23-8-4-6-18-5-2-3-7-22(18)23/h2-15H,1H3,(H2,24,25,26). The zero-order valence-electron chi connectivity index (χ0n) is 14.9. The van der Waals surface area contributed by atoms with E-state index < -0.39 is 10.0 Å². The van der Waals surface area contributed by atoms with Crippen LogP contribution in [0.2, 0.25) is 0 Å². The SMILES string of the molecule is Cc1cc(-c2ccc(S(N)(=O)=O)cc2)ccc1-c1cccc2ccccc12. The van der Waals surface area contributed by atoms with Gasteiger partial charge in [0, 0.05) is 0 Å². The molecule has 0 radical (unpaired) electrons. The monoisotopic (exact) mass is 373 g/mol. The molecule has 0 fully saturated rings. The molecule has 0 atom stereocenters. The molecule has 0 saturated heterocycles. The van der Waals surface area contributed by atoms with Gasteiger partial charge < -0.3 is 0 Å². The van der Waals surface area contributed by atoms with Crippen LogP contribution in [0.1, 0.15) is 5.56 Å². The quantitative estimate of drug-likeness (QED) is 0.541. The molecule has 27 heavy (non-hydrogen) atoms. The molecule has 0 heterocycles. The normalized spacial score (nSPS) is 11.6. The van der Waals surface area contributed by atoms with E-state index >= 15 is 0 Å². The fourth-order valence-corrected chi connectivity index (χ4v) is 3.96. The fraction of sp³-hybridized carbons (Fsp3) is 0.0435. The van der Waals surface area contributed by atoms with Crippen LogP contribution < -0.4 is 5.14 Å². The summed E-state index contributed by atoms with van der Waals surface area (Å²) in [6, 6.07) is 27.7. The van der Waals surface area contributed by atoms with Crippen LogP contribution >= 0.6 is 0 Å². The fourth-order valence-electron chi connectivity index (χ4n) is 3.44. The predicted molar refractivity (Wildman–Crippen MR) is 111 cm³/mol. The minimum absolute atomic E-state index is 0.121. The van der Waals surface area contributed by atoms with Gasteiger partial charge in [-0.25, -0.2) is 13.6 Å². The molecular weight excluding hydrogens is 354 g/mol. The third kappa shape index (κ3) is 3.37. The Bertz CT molecular complexity index is 1240. The third-order valence-electron chi connectivity index (χ3n) is 4.82. The number of hydrogen-bond donors (Lipinski definition) is 1. The van der Waals surface area contributed by atoms with Crippen LogP contribution in [0.3, 0.4) is 0 Å². The molecule has 0 bridgehead atoms. The molecule has 4 heteroatoms. The van der Waals surface area contributed by atoms with Gasteiger partial charge in [0.15, 0.2) is 0 Å². The van der Waals surface area contributed by atoms with Crippen LogP contribution in [-0.4, -0.2) is 8.42 Å². The summed E-state index contributed by atoms with van der Waals surface area (Å²) in [7, 11) is -3.67. The van der Waals surface area contributed by atoms with Crippen LogP contribution in [0.4, 0.5) is 0 Å². The predicted octanol–water partition coefficient (Wildman–Crippen LogP) is 5.13. The Morgan fingerprint density at radius 3 is 2.07 bits per heavy atom. The maximum absolute atomic E-state index is 11.4. The molecular formula is C23H19NO2S. The van der Waals surface area contributed by atoms with Crippen molar-refractivity contribution < 1.29 is 8.42 Å². The summed E-state index contributed by atoms with van der Waals surface area (Å²) in [6.45, 7) is 2.10. The molecule has 0 unspecified atom stereocenters. The molecule has 0 aliphatic carbocycles. The summed E-state index contributed by atoms with van der Waals surface area (Å²) in [5, 5.41) is 7.62. The molecule has 4 aromatic rings. The molecule has 4 rings (SSSR count). The van der Waals surface area contributed by atoms with Gasteiger partial charge in [-0.15, -0.1) is 0 Å². The Morgan fingerprint density at radius 1 is 0.704 bits per heavy atom. The molecule has 0 amide bonds. The number of benzene rings is 4. The van der Waals surface area contributed by atoms with Crippen molar-refractivity contribution in [2.45, 2.75) is 11.8 Å². The highest BCUT2D eigenvalue weighted by atomic mass is 32.2. The van der Waals surface area contributed by atoms with Gasteiger partial charge in [0.25, 0.3) is 0 Å². The van der Waals surface area contributed by atoms with Gasteiger partial charge in [0.1, 0.15) is 0 Å². The van der Waals surface area contributed by atoms with E-state index in [1.807, 2.05) is 6.07 Å². The van der Waals surface area contributed by atoms with E-state index in [1.54, 1.807) is 24.3 Å². The second-order valence-electron chi connectivity index (χ2n) is 6.63. The highest BCUT2D eigenvalue weighted by Crippen LogP contribution is 2.33. The lowest BCUT2D eigenvalue weighted by Gasteiger charge is -2.12. The van der Waals surface area contributed by atoms with E-state index in [0.29, 0.717) is 0 Å². The third-order valence-corrected chi connectivity index (χ3v) is 5.75. The molecule has 0 saturated carbocycles. The van der Waals surface area contributed by atoms with Crippen molar-refractivity contribution in [2.75, 3.05) is 0 Å². The molecule has 0 aromatic heterocycles.